The topological polar surface area (TPSA) is 66.9 Å². The van der Waals surface area contributed by atoms with Crippen LogP contribution < -0.4 is 0 Å². The largest absolute Gasteiger partial charge is 0.383 e. The van der Waals surface area contributed by atoms with E-state index in [2.05, 4.69) is 4.90 Å². The number of hydrogen-bond acceptors (Lipinski definition) is 5. The van der Waals surface area contributed by atoms with Crippen LogP contribution >= 0.6 is 0 Å². The summed E-state index contributed by atoms with van der Waals surface area (Å²) in [6.07, 6.45) is 1.98. The van der Waals surface area contributed by atoms with Gasteiger partial charge in [0.2, 0.25) is 5.91 Å². The van der Waals surface area contributed by atoms with Gasteiger partial charge in [0, 0.05) is 39.5 Å². The van der Waals surface area contributed by atoms with Gasteiger partial charge in [0.1, 0.15) is 5.25 Å². The highest BCUT2D eigenvalue weighted by molar-refractivity contribution is 7.92. The third kappa shape index (κ3) is 5.08. The highest BCUT2D eigenvalue weighted by atomic mass is 32.2. The predicted octanol–water partition coefficient (Wildman–Crippen LogP) is -0.400. The van der Waals surface area contributed by atoms with Gasteiger partial charge < -0.3 is 9.64 Å². The van der Waals surface area contributed by atoms with E-state index < -0.39 is 15.1 Å². The molecule has 1 atom stereocenters. The summed E-state index contributed by atoms with van der Waals surface area (Å²) in [6, 6.07) is 0. The molecule has 0 aliphatic carbocycles. The lowest BCUT2D eigenvalue weighted by Gasteiger charge is -2.24. The molecule has 0 spiro atoms. The number of amides is 1. The Balaban J connectivity index is 2.55. The van der Waals surface area contributed by atoms with E-state index in [0.717, 1.165) is 32.3 Å². The molecule has 1 aliphatic heterocycles. The molecular formula is C12H24N2O4S. The van der Waals surface area contributed by atoms with Crippen molar-refractivity contribution < 1.29 is 17.9 Å². The molecule has 19 heavy (non-hydrogen) atoms. The molecule has 0 N–H and O–H groups in total. The Morgan fingerprint density at radius 2 is 1.95 bits per heavy atom. The van der Waals surface area contributed by atoms with Crippen LogP contribution in [0.1, 0.15) is 13.3 Å². The normalized spacial score (nSPS) is 20.1. The monoisotopic (exact) mass is 292 g/mol. The number of carbonyl (C=O) groups excluding carboxylic acids is 1. The van der Waals surface area contributed by atoms with Crippen LogP contribution in [0.2, 0.25) is 0 Å². The van der Waals surface area contributed by atoms with Gasteiger partial charge in [0.25, 0.3) is 0 Å². The van der Waals surface area contributed by atoms with E-state index in [0.29, 0.717) is 19.7 Å². The second-order valence-corrected chi connectivity index (χ2v) is 7.35. The van der Waals surface area contributed by atoms with Crippen LogP contribution in [0.15, 0.2) is 0 Å². The first-order valence-corrected chi connectivity index (χ1v) is 8.50. The molecule has 1 unspecified atom stereocenters. The van der Waals surface area contributed by atoms with Gasteiger partial charge in [-0.15, -0.1) is 0 Å². The second-order valence-electron chi connectivity index (χ2n) is 4.99. The molecular weight excluding hydrogens is 268 g/mol. The van der Waals surface area contributed by atoms with Gasteiger partial charge in [-0.2, -0.15) is 0 Å². The average Bonchev–Trinajstić information content (AvgIpc) is 2.58. The number of sulfone groups is 1. The van der Waals surface area contributed by atoms with Crippen molar-refractivity contribution in [2.45, 2.75) is 18.6 Å². The first-order chi connectivity index (χ1) is 8.86. The second kappa shape index (κ2) is 7.21. The van der Waals surface area contributed by atoms with Gasteiger partial charge in [-0.25, -0.2) is 8.42 Å². The van der Waals surface area contributed by atoms with Crippen molar-refractivity contribution in [3.05, 3.63) is 0 Å². The minimum Gasteiger partial charge on any atom is -0.383 e. The van der Waals surface area contributed by atoms with Gasteiger partial charge in [-0.1, -0.05) is 0 Å². The lowest BCUT2D eigenvalue weighted by atomic mass is 10.3. The number of nitrogens with zero attached hydrogens (tertiary/aromatic N) is 2. The smallest absolute Gasteiger partial charge is 0.240 e. The summed E-state index contributed by atoms with van der Waals surface area (Å²) in [5, 5.41) is -0.946. The fourth-order valence-corrected chi connectivity index (χ4v) is 2.59. The lowest BCUT2D eigenvalue weighted by molar-refractivity contribution is -0.130. The van der Waals surface area contributed by atoms with Gasteiger partial charge in [-0.05, 0) is 19.9 Å². The highest BCUT2D eigenvalue weighted by Crippen LogP contribution is 2.08. The Hall–Kier alpha value is -0.660. The number of carbonyl (C=O) groups is 1. The molecule has 7 heteroatoms. The fourth-order valence-electron chi connectivity index (χ4n) is 2.08. The van der Waals surface area contributed by atoms with Crippen LogP contribution in [-0.2, 0) is 19.4 Å². The van der Waals surface area contributed by atoms with E-state index in [-0.39, 0.29) is 5.91 Å². The van der Waals surface area contributed by atoms with Gasteiger partial charge >= 0.3 is 0 Å². The third-order valence-electron chi connectivity index (χ3n) is 3.50. The number of ether oxygens (including phenoxy) is 1. The maximum atomic E-state index is 12.1. The third-order valence-corrected chi connectivity index (χ3v) is 4.99. The highest BCUT2D eigenvalue weighted by Gasteiger charge is 2.29. The predicted molar refractivity (Wildman–Crippen MR) is 73.8 cm³/mol. The Labute approximate surface area is 115 Å². The van der Waals surface area contributed by atoms with Crippen LogP contribution in [-0.4, -0.2) is 82.1 Å². The van der Waals surface area contributed by atoms with Crippen LogP contribution in [0, 0.1) is 0 Å². The van der Waals surface area contributed by atoms with E-state index in [1.54, 1.807) is 12.0 Å². The minimum absolute atomic E-state index is 0.281. The van der Waals surface area contributed by atoms with Crippen LogP contribution in [0.5, 0.6) is 0 Å². The summed E-state index contributed by atoms with van der Waals surface area (Å²) in [5.41, 5.74) is 0. The molecule has 1 amide bonds. The zero-order valence-corrected chi connectivity index (χ0v) is 12.8. The molecule has 0 aromatic rings. The molecule has 0 radical (unpaired) electrons. The molecule has 1 saturated heterocycles. The molecule has 6 nitrogen and oxygen atoms in total. The van der Waals surface area contributed by atoms with Crippen molar-refractivity contribution >= 4 is 15.7 Å². The van der Waals surface area contributed by atoms with E-state index in [1.165, 1.54) is 6.92 Å². The number of rotatable bonds is 5. The number of hydrogen-bond donors (Lipinski definition) is 0. The zero-order chi connectivity index (χ0) is 14.5. The van der Waals surface area contributed by atoms with E-state index in [1.807, 2.05) is 0 Å². The van der Waals surface area contributed by atoms with E-state index >= 15 is 0 Å². The molecule has 0 aromatic carbocycles. The van der Waals surface area contributed by atoms with Crippen molar-refractivity contribution in [2.24, 2.45) is 0 Å². The van der Waals surface area contributed by atoms with Gasteiger partial charge in [0.15, 0.2) is 9.84 Å². The molecule has 1 heterocycles. The molecule has 1 aliphatic rings. The first kappa shape index (κ1) is 16.4. The zero-order valence-electron chi connectivity index (χ0n) is 12.0. The summed E-state index contributed by atoms with van der Waals surface area (Å²) in [4.78, 5) is 16.0. The van der Waals surface area contributed by atoms with Crippen molar-refractivity contribution in [1.82, 2.24) is 9.80 Å². The van der Waals surface area contributed by atoms with Gasteiger partial charge in [0.05, 0.1) is 6.61 Å². The van der Waals surface area contributed by atoms with Crippen molar-refractivity contribution in [3.8, 4) is 0 Å². The Morgan fingerprint density at radius 1 is 1.26 bits per heavy atom. The van der Waals surface area contributed by atoms with Crippen molar-refractivity contribution in [2.75, 3.05) is 52.7 Å². The fraction of sp³-hybridized carbons (Fsp3) is 0.917. The van der Waals surface area contributed by atoms with E-state index in [4.69, 9.17) is 4.74 Å². The summed E-state index contributed by atoms with van der Waals surface area (Å²) < 4.78 is 27.9. The average molecular weight is 292 g/mol. The standard InChI is InChI=1S/C12H24N2O4S/c1-11(19(3,16)17)12(15)14-6-4-5-13(7-8-14)9-10-18-2/h11H,4-10H2,1-3H3. The van der Waals surface area contributed by atoms with Crippen LogP contribution in [0.4, 0.5) is 0 Å². The van der Waals surface area contributed by atoms with Crippen molar-refractivity contribution in [3.63, 3.8) is 0 Å². The van der Waals surface area contributed by atoms with E-state index in [9.17, 15) is 13.2 Å². The SMILES string of the molecule is COCCN1CCCN(C(=O)C(C)S(C)(=O)=O)CC1. The molecule has 0 saturated carbocycles. The maximum Gasteiger partial charge on any atom is 0.240 e. The molecule has 1 fully saturated rings. The Morgan fingerprint density at radius 3 is 2.53 bits per heavy atom. The summed E-state index contributed by atoms with van der Waals surface area (Å²) in [6.45, 7) is 5.88. The molecule has 0 aromatic heterocycles. The quantitative estimate of drug-likeness (QED) is 0.690. The Kier molecular flexibility index (Phi) is 6.22. The number of methoxy groups -OCH3 is 1. The Bertz CT molecular complexity index is 397. The molecule has 1 rings (SSSR count). The first-order valence-electron chi connectivity index (χ1n) is 6.55. The van der Waals surface area contributed by atoms with Crippen molar-refractivity contribution in [1.29, 1.82) is 0 Å². The summed E-state index contributed by atoms with van der Waals surface area (Å²) in [7, 11) is -1.65. The van der Waals surface area contributed by atoms with Crippen LogP contribution in [0.3, 0.4) is 0 Å². The molecule has 0 bridgehead atoms. The summed E-state index contributed by atoms with van der Waals surface area (Å²) >= 11 is 0. The summed E-state index contributed by atoms with van der Waals surface area (Å²) in [5.74, 6) is -0.281. The van der Waals surface area contributed by atoms with Gasteiger partial charge in [-0.3, -0.25) is 9.69 Å². The minimum atomic E-state index is -3.32. The molecule has 112 valence electrons. The lowest BCUT2D eigenvalue weighted by Crippen LogP contribution is -2.43. The van der Waals surface area contributed by atoms with Crippen LogP contribution in [0.25, 0.3) is 0 Å². The maximum absolute atomic E-state index is 12.1.